The van der Waals surface area contributed by atoms with E-state index in [4.69, 9.17) is 15.5 Å². The van der Waals surface area contributed by atoms with Crippen molar-refractivity contribution in [3.8, 4) is 34.4 Å². The molecule has 1 aliphatic rings. The Labute approximate surface area is 326 Å². The Hall–Kier alpha value is -5.13. The molecule has 0 radical (unpaired) electrons. The topological polar surface area (TPSA) is 86.2 Å². The zero-order valence-corrected chi connectivity index (χ0v) is 35.5. The average molecular weight is 722 g/mol. The molecule has 3 aromatic carbocycles. The molecule has 284 valence electrons. The molecule has 2 aromatic heterocycles. The summed E-state index contributed by atoms with van der Waals surface area (Å²) in [4.78, 5) is 13.8. The Bertz CT molecular complexity index is 2110. The van der Waals surface area contributed by atoms with Crippen molar-refractivity contribution >= 4 is 21.7 Å². The van der Waals surface area contributed by atoms with E-state index in [1.54, 1.807) is 13.0 Å². The molecule has 5 heteroatoms. The van der Waals surface area contributed by atoms with Crippen LogP contribution in [0.2, 0.25) is 0 Å². The van der Waals surface area contributed by atoms with E-state index >= 15 is 0 Å². The quantitative estimate of drug-likeness (QED) is 0.136. The highest BCUT2D eigenvalue weighted by atomic mass is 14.8. The van der Waals surface area contributed by atoms with Crippen LogP contribution in [0.5, 0.6) is 0 Å². The first-order chi connectivity index (χ1) is 25.3. The second-order valence-corrected chi connectivity index (χ2v) is 16.7. The lowest BCUT2D eigenvalue weighted by molar-refractivity contribution is 0.398. The summed E-state index contributed by atoms with van der Waals surface area (Å²) in [6.45, 7) is 34.5. The van der Waals surface area contributed by atoms with E-state index in [9.17, 15) is 0 Å². The molecular formula is C49H63N5. The van der Waals surface area contributed by atoms with Gasteiger partial charge in [0.2, 0.25) is 0 Å². The van der Waals surface area contributed by atoms with Gasteiger partial charge in [-0.25, -0.2) is 9.97 Å². The molecule has 0 N–H and O–H groups in total. The number of allylic oxidation sites excluding steroid dienone is 2. The molecule has 0 amide bonds. The molecule has 6 rings (SSSR count). The highest BCUT2D eigenvalue weighted by Crippen LogP contribution is 2.43. The molecule has 1 aliphatic carbocycles. The van der Waals surface area contributed by atoms with Gasteiger partial charge in [-0.2, -0.15) is 10.5 Å². The Kier molecular flexibility index (Phi) is 17.0. The maximum Gasteiger partial charge on any atom is 0.125 e. The van der Waals surface area contributed by atoms with E-state index in [1.807, 2.05) is 37.7 Å². The molecule has 54 heavy (non-hydrogen) atoms. The molecule has 0 atom stereocenters. The Morgan fingerprint density at radius 2 is 1.37 bits per heavy atom. The molecule has 0 bridgehead atoms. The van der Waals surface area contributed by atoms with Gasteiger partial charge in [0, 0.05) is 47.6 Å². The third-order valence-electron chi connectivity index (χ3n) is 8.84. The second-order valence-electron chi connectivity index (χ2n) is 16.7. The van der Waals surface area contributed by atoms with Crippen molar-refractivity contribution in [3.05, 3.63) is 113 Å². The fourth-order valence-electron chi connectivity index (χ4n) is 5.85. The highest BCUT2D eigenvalue weighted by Gasteiger charge is 2.21. The maximum absolute atomic E-state index is 7.79. The van der Waals surface area contributed by atoms with E-state index in [0.29, 0.717) is 16.4 Å². The lowest BCUT2D eigenvalue weighted by Gasteiger charge is -2.22. The molecule has 2 heterocycles. The second kappa shape index (κ2) is 20.4. The van der Waals surface area contributed by atoms with Gasteiger partial charge in [-0.1, -0.05) is 105 Å². The lowest BCUT2D eigenvalue weighted by atomic mass is 9.82. The number of aromatic nitrogens is 3. The normalized spacial score (nSPS) is 11.5. The summed E-state index contributed by atoms with van der Waals surface area (Å²) in [5.41, 5.74) is 14.2. The third-order valence-corrected chi connectivity index (χ3v) is 8.84. The summed E-state index contributed by atoms with van der Waals surface area (Å²) >= 11 is 0. The van der Waals surface area contributed by atoms with Crippen LogP contribution in [0, 0.1) is 54.3 Å². The first-order valence-electron chi connectivity index (χ1n) is 19.0. The van der Waals surface area contributed by atoms with Gasteiger partial charge in [-0.05, 0) is 120 Å². The molecule has 0 spiro atoms. The van der Waals surface area contributed by atoms with E-state index in [-0.39, 0.29) is 0 Å². The summed E-state index contributed by atoms with van der Waals surface area (Å²) in [5.74, 6) is 0.787. The minimum absolute atomic E-state index is 0.500. The van der Waals surface area contributed by atoms with Gasteiger partial charge in [0.05, 0.1) is 17.7 Å². The van der Waals surface area contributed by atoms with Crippen LogP contribution in [0.25, 0.3) is 43.9 Å². The number of hydrogen-bond donors (Lipinski definition) is 0. The Morgan fingerprint density at radius 1 is 0.852 bits per heavy atom. The first-order valence-corrected chi connectivity index (χ1v) is 19.0. The number of benzene rings is 3. The SMILES string of the molecule is C=C(C)C#N.C=CCc1c(C)cc2c(C)c(-c3cnc(C)nc3)ccc2c1-c1ccc2c3c(ccnc13)CCC2.CC#N.CC(C)(C)C.CCC(C)(C)C. The standard InChI is InChI=1S/C32H29N3.C6H14.C5H12.C4H5N.C2H3N/c1-5-7-25-19(2)16-29-20(3)26(24-17-34-21(4)35-18-24)12-13-27(29)31(25)28-11-10-22-8-6-9-23-14-15-33-32(28)30(22)23;1-5-6(2,3)4;1-5(2,3)4;1-4(2)3-5;1-2-3/h5,10-18H,1,6-9H2,2-4H3;5H2,1-4H3;1-4H3;1H2,2H3;1H3. The van der Waals surface area contributed by atoms with Crippen LogP contribution in [0.3, 0.4) is 0 Å². The maximum atomic E-state index is 7.79. The zero-order chi connectivity index (χ0) is 40.8. The van der Waals surface area contributed by atoms with Crippen LogP contribution < -0.4 is 0 Å². The van der Waals surface area contributed by atoms with Gasteiger partial charge in [0.1, 0.15) is 5.82 Å². The van der Waals surface area contributed by atoms with E-state index in [2.05, 4.69) is 129 Å². The van der Waals surface area contributed by atoms with Crippen LogP contribution in [0.1, 0.15) is 116 Å². The number of nitriles is 2. The Morgan fingerprint density at radius 3 is 1.87 bits per heavy atom. The number of nitrogens with zero attached hydrogens (tertiary/aromatic N) is 5. The van der Waals surface area contributed by atoms with E-state index in [0.717, 1.165) is 36.2 Å². The highest BCUT2D eigenvalue weighted by molar-refractivity contribution is 6.09. The number of aryl methyl sites for hydroxylation is 5. The van der Waals surface area contributed by atoms with Crippen LogP contribution in [-0.2, 0) is 19.3 Å². The van der Waals surface area contributed by atoms with Gasteiger partial charge >= 0.3 is 0 Å². The van der Waals surface area contributed by atoms with Crippen LogP contribution in [0.15, 0.2) is 79.8 Å². The third kappa shape index (κ3) is 13.1. The predicted octanol–water partition coefficient (Wildman–Crippen LogP) is 13.8. The van der Waals surface area contributed by atoms with Crippen LogP contribution in [-0.4, -0.2) is 15.0 Å². The summed E-state index contributed by atoms with van der Waals surface area (Å²) < 4.78 is 0. The van der Waals surface area contributed by atoms with Gasteiger partial charge in [0.25, 0.3) is 0 Å². The lowest BCUT2D eigenvalue weighted by Crippen LogP contribution is -2.04. The van der Waals surface area contributed by atoms with Gasteiger partial charge in [-0.3, -0.25) is 4.98 Å². The minimum atomic E-state index is 0.500. The smallest absolute Gasteiger partial charge is 0.125 e. The van der Waals surface area contributed by atoms with Crippen molar-refractivity contribution in [1.82, 2.24) is 15.0 Å². The molecular weight excluding hydrogens is 659 g/mol. The van der Waals surface area contributed by atoms with Gasteiger partial charge in [-0.15, -0.1) is 6.58 Å². The average Bonchev–Trinajstić information content (AvgIpc) is 3.10. The van der Waals surface area contributed by atoms with Gasteiger partial charge < -0.3 is 0 Å². The fraction of sp³-hybridized carbons (Fsp3) is 0.408. The predicted molar refractivity (Wildman–Crippen MR) is 232 cm³/mol. The molecule has 0 aliphatic heterocycles. The largest absolute Gasteiger partial charge is 0.256 e. The van der Waals surface area contributed by atoms with E-state index in [1.165, 1.54) is 80.4 Å². The minimum Gasteiger partial charge on any atom is -0.256 e. The van der Waals surface area contributed by atoms with Crippen molar-refractivity contribution in [3.63, 3.8) is 0 Å². The van der Waals surface area contributed by atoms with Crippen molar-refractivity contribution < 1.29 is 0 Å². The summed E-state index contributed by atoms with van der Waals surface area (Å²) in [6.07, 6.45) is 13.4. The molecule has 0 fully saturated rings. The molecule has 0 saturated heterocycles. The molecule has 5 nitrogen and oxygen atoms in total. The van der Waals surface area contributed by atoms with Crippen molar-refractivity contribution in [2.24, 2.45) is 10.8 Å². The van der Waals surface area contributed by atoms with Crippen molar-refractivity contribution in [1.29, 1.82) is 10.5 Å². The first kappa shape index (κ1) is 45.0. The number of rotatable bonds is 4. The fourth-order valence-corrected chi connectivity index (χ4v) is 5.85. The van der Waals surface area contributed by atoms with E-state index < -0.39 is 0 Å². The summed E-state index contributed by atoms with van der Waals surface area (Å²) in [5, 5.41) is 19.0. The van der Waals surface area contributed by atoms with Crippen molar-refractivity contribution in [2.45, 2.75) is 122 Å². The van der Waals surface area contributed by atoms with Crippen LogP contribution in [0.4, 0.5) is 0 Å². The number of fused-ring (bicyclic) bond motifs is 1. The number of hydrogen-bond acceptors (Lipinski definition) is 5. The zero-order valence-electron chi connectivity index (χ0n) is 35.5. The summed E-state index contributed by atoms with van der Waals surface area (Å²) in [7, 11) is 0. The summed E-state index contributed by atoms with van der Waals surface area (Å²) in [6, 6.07) is 17.3. The molecule has 0 unspecified atom stereocenters. The number of pyridine rings is 1. The monoisotopic (exact) mass is 722 g/mol. The van der Waals surface area contributed by atoms with Gasteiger partial charge in [0.15, 0.2) is 0 Å². The van der Waals surface area contributed by atoms with Crippen molar-refractivity contribution in [2.75, 3.05) is 0 Å². The molecule has 5 aromatic rings. The Balaban J connectivity index is 0.000000442. The van der Waals surface area contributed by atoms with Crippen LogP contribution >= 0.6 is 0 Å². The molecule has 0 saturated carbocycles.